The number of nitrogens with two attached hydrogens (primary N) is 1. The van der Waals surface area contributed by atoms with Crippen molar-refractivity contribution in [2.75, 3.05) is 17.4 Å². The molecule has 1 saturated heterocycles. The number of hydrogen-bond acceptors (Lipinski definition) is 7. The Labute approximate surface area is 241 Å². The molecule has 40 heavy (non-hydrogen) atoms. The highest BCUT2D eigenvalue weighted by Crippen LogP contribution is 2.25. The average molecular weight is 583 g/mol. The molecule has 1 aliphatic heterocycles. The molecular weight excluding hydrogens is 552 g/mol. The Bertz CT molecular complexity index is 1370. The molecule has 9 nitrogen and oxygen atoms in total. The van der Waals surface area contributed by atoms with Crippen molar-refractivity contribution >= 4 is 46.8 Å². The van der Waals surface area contributed by atoms with Gasteiger partial charge in [0.2, 0.25) is 5.91 Å². The number of thioether (sulfide) groups is 1. The van der Waals surface area contributed by atoms with Gasteiger partial charge >= 0.3 is 0 Å². The fourth-order valence-corrected chi connectivity index (χ4v) is 5.91. The highest BCUT2D eigenvalue weighted by Gasteiger charge is 2.40. The minimum absolute atomic E-state index is 0.0367. The number of carbonyl (C=O) groups is 3. The van der Waals surface area contributed by atoms with E-state index >= 15 is 0 Å². The summed E-state index contributed by atoms with van der Waals surface area (Å²) in [6, 6.07) is 17.0. The Morgan fingerprint density at radius 3 is 2.55 bits per heavy atom. The van der Waals surface area contributed by atoms with E-state index in [0.717, 1.165) is 5.56 Å². The number of halogens is 1. The number of phenolic OH excluding ortho intramolecular Hbond substituents is 1. The average Bonchev–Trinajstić information content (AvgIpc) is 3.44. The number of aromatic hydroxyl groups is 1. The number of rotatable bonds is 9. The summed E-state index contributed by atoms with van der Waals surface area (Å²) in [6.07, 6.45) is -1.46. The lowest BCUT2D eigenvalue weighted by atomic mass is 9.98. The number of carbonyl (C=O) groups excluding carboxylic acids is 3. The molecule has 0 aliphatic carbocycles. The van der Waals surface area contributed by atoms with Crippen LogP contribution in [0, 0.1) is 6.92 Å². The van der Waals surface area contributed by atoms with Gasteiger partial charge in [-0.2, -0.15) is 0 Å². The number of nitrogens with one attached hydrogen (secondary N) is 2. The van der Waals surface area contributed by atoms with Gasteiger partial charge in [-0.15, -0.1) is 11.8 Å². The second-order valence-electron chi connectivity index (χ2n) is 9.51. The van der Waals surface area contributed by atoms with Gasteiger partial charge in [0, 0.05) is 39.7 Å². The van der Waals surface area contributed by atoms with Crippen molar-refractivity contribution in [3.8, 4) is 5.75 Å². The molecule has 0 aromatic heterocycles. The normalized spacial score (nSPS) is 16.3. The lowest BCUT2D eigenvalue weighted by molar-refractivity contribution is -0.146. The van der Waals surface area contributed by atoms with Gasteiger partial charge in [0.1, 0.15) is 11.8 Å². The molecular formula is C29H31ClN4O5S. The molecule has 1 fully saturated rings. The number of amides is 3. The van der Waals surface area contributed by atoms with Gasteiger partial charge in [-0.1, -0.05) is 54.1 Å². The molecule has 3 amide bonds. The molecule has 210 valence electrons. The largest absolute Gasteiger partial charge is 0.508 e. The van der Waals surface area contributed by atoms with Gasteiger partial charge in [0.15, 0.2) is 6.10 Å². The van der Waals surface area contributed by atoms with Crippen molar-refractivity contribution in [2.24, 2.45) is 0 Å². The lowest BCUT2D eigenvalue weighted by Crippen LogP contribution is -2.56. The van der Waals surface area contributed by atoms with Gasteiger partial charge in [-0.25, -0.2) is 0 Å². The molecule has 0 bridgehead atoms. The first-order chi connectivity index (χ1) is 19.2. The third-order valence-electron chi connectivity index (χ3n) is 6.86. The molecule has 0 radical (unpaired) electrons. The monoisotopic (exact) mass is 582 g/mol. The maximum absolute atomic E-state index is 13.6. The summed E-state index contributed by atoms with van der Waals surface area (Å²) in [7, 11) is 0. The number of nitrogen functional groups attached to an aromatic ring is 1. The zero-order valence-corrected chi connectivity index (χ0v) is 23.4. The van der Waals surface area contributed by atoms with E-state index in [-0.39, 0.29) is 30.2 Å². The van der Waals surface area contributed by atoms with E-state index in [1.54, 1.807) is 37.3 Å². The molecule has 4 rings (SSSR count). The van der Waals surface area contributed by atoms with Crippen LogP contribution in [0.4, 0.5) is 5.69 Å². The number of phenols is 1. The third-order valence-corrected chi connectivity index (χ3v) is 8.23. The van der Waals surface area contributed by atoms with Crippen LogP contribution in [0.5, 0.6) is 5.75 Å². The van der Waals surface area contributed by atoms with Crippen LogP contribution in [0.3, 0.4) is 0 Å². The van der Waals surface area contributed by atoms with Gasteiger partial charge in [-0.05, 0) is 43.2 Å². The standard InChI is InChI=1S/C29H31ClN4O5S/c1-17-19(9-5-12-25(17)35)27(37)33-23(13-18-7-3-2-4-8-18)26(36)29(39)34-16-40-15-24(34)28(38)32-14-20-21(30)10-6-11-22(20)31/h2-12,23-24,26,35-36H,13-16,31H2,1H3,(H,32,38)(H,33,37)/t23-,24-,26-/m0/s1. The number of aliphatic hydroxyl groups excluding tert-OH is 1. The molecule has 3 atom stereocenters. The van der Waals surface area contributed by atoms with E-state index in [1.807, 2.05) is 30.3 Å². The van der Waals surface area contributed by atoms with Crippen molar-refractivity contribution in [1.29, 1.82) is 0 Å². The van der Waals surface area contributed by atoms with Gasteiger partial charge in [0.25, 0.3) is 11.8 Å². The second kappa shape index (κ2) is 13.1. The van der Waals surface area contributed by atoms with Crippen molar-refractivity contribution < 1.29 is 24.6 Å². The van der Waals surface area contributed by atoms with E-state index in [0.29, 0.717) is 27.6 Å². The number of aliphatic hydroxyl groups is 1. The zero-order chi connectivity index (χ0) is 28.8. The fraction of sp³-hybridized carbons (Fsp3) is 0.276. The summed E-state index contributed by atoms with van der Waals surface area (Å²) in [5.41, 5.74) is 8.42. The highest BCUT2D eigenvalue weighted by molar-refractivity contribution is 7.99. The van der Waals surface area contributed by atoms with Crippen LogP contribution in [0.2, 0.25) is 5.02 Å². The number of hydrogen-bond donors (Lipinski definition) is 5. The molecule has 3 aromatic carbocycles. The van der Waals surface area contributed by atoms with Crippen LogP contribution in [0.1, 0.15) is 27.0 Å². The Morgan fingerprint density at radius 1 is 1.10 bits per heavy atom. The second-order valence-corrected chi connectivity index (χ2v) is 10.9. The summed E-state index contributed by atoms with van der Waals surface area (Å²) in [6.45, 7) is 1.70. The van der Waals surface area contributed by atoms with Crippen molar-refractivity contribution in [3.05, 3.63) is 94.0 Å². The van der Waals surface area contributed by atoms with Crippen LogP contribution in [0.15, 0.2) is 66.7 Å². The third kappa shape index (κ3) is 6.70. The first kappa shape index (κ1) is 29.3. The van der Waals surface area contributed by atoms with Gasteiger partial charge in [-0.3, -0.25) is 14.4 Å². The molecule has 0 saturated carbocycles. The summed E-state index contributed by atoms with van der Waals surface area (Å²) >= 11 is 7.61. The van der Waals surface area contributed by atoms with Crippen LogP contribution in [0.25, 0.3) is 0 Å². The van der Waals surface area contributed by atoms with Crippen molar-refractivity contribution in [1.82, 2.24) is 15.5 Å². The first-order valence-corrected chi connectivity index (χ1v) is 14.2. The van der Waals surface area contributed by atoms with Crippen LogP contribution in [-0.2, 0) is 22.6 Å². The zero-order valence-electron chi connectivity index (χ0n) is 21.8. The van der Waals surface area contributed by atoms with E-state index in [1.165, 1.54) is 22.7 Å². The number of nitrogens with zero attached hydrogens (tertiary/aromatic N) is 1. The lowest BCUT2D eigenvalue weighted by Gasteiger charge is -2.30. The number of benzene rings is 3. The van der Waals surface area contributed by atoms with E-state index in [4.69, 9.17) is 17.3 Å². The topological polar surface area (TPSA) is 145 Å². The smallest absolute Gasteiger partial charge is 0.254 e. The molecule has 0 spiro atoms. The summed E-state index contributed by atoms with van der Waals surface area (Å²) in [5, 5.41) is 27.3. The Balaban J connectivity index is 1.50. The molecule has 6 N–H and O–H groups in total. The van der Waals surface area contributed by atoms with Gasteiger partial charge < -0.3 is 31.5 Å². The molecule has 11 heteroatoms. The van der Waals surface area contributed by atoms with Crippen LogP contribution in [-0.4, -0.2) is 62.7 Å². The predicted octanol–water partition coefficient (Wildman–Crippen LogP) is 2.86. The van der Waals surface area contributed by atoms with E-state index in [9.17, 15) is 24.6 Å². The van der Waals surface area contributed by atoms with E-state index in [2.05, 4.69) is 10.6 Å². The fourth-order valence-electron chi connectivity index (χ4n) is 4.50. The molecule has 1 heterocycles. The van der Waals surface area contributed by atoms with E-state index < -0.39 is 35.9 Å². The Kier molecular flexibility index (Phi) is 9.57. The molecule has 3 aromatic rings. The summed E-state index contributed by atoms with van der Waals surface area (Å²) in [4.78, 5) is 41.1. The predicted molar refractivity (Wildman–Crippen MR) is 156 cm³/mol. The maximum atomic E-state index is 13.6. The Hall–Kier alpha value is -3.73. The minimum atomic E-state index is -1.63. The SMILES string of the molecule is Cc1c(O)cccc1C(=O)N[C@@H](Cc1ccccc1)[C@H](O)C(=O)N1CSC[C@H]1C(=O)NCc1c(N)cccc1Cl. The quantitative estimate of drug-likeness (QED) is 0.244. The van der Waals surface area contributed by atoms with Crippen molar-refractivity contribution in [3.63, 3.8) is 0 Å². The minimum Gasteiger partial charge on any atom is -0.508 e. The molecule has 0 unspecified atom stereocenters. The maximum Gasteiger partial charge on any atom is 0.254 e. The molecule has 1 aliphatic rings. The van der Waals surface area contributed by atoms with Gasteiger partial charge in [0.05, 0.1) is 11.9 Å². The Morgan fingerprint density at radius 2 is 1.82 bits per heavy atom. The first-order valence-electron chi connectivity index (χ1n) is 12.7. The van der Waals surface area contributed by atoms with Crippen LogP contribution < -0.4 is 16.4 Å². The summed E-state index contributed by atoms with van der Waals surface area (Å²) < 4.78 is 0. The van der Waals surface area contributed by atoms with Crippen LogP contribution >= 0.6 is 23.4 Å². The van der Waals surface area contributed by atoms with Crippen molar-refractivity contribution in [2.45, 2.75) is 38.1 Å². The highest BCUT2D eigenvalue weighted by atomic mass is 35.5. The summed E-state index contributed by atoms with van der Waals surface area (Å²) in [5.74, 6) is -1.09. The number of anilines is 1.